The van der Waals surface area contributed by atoms with E-state index >= 15 is 0 Å². The number of thiazole rings is 1. The number of aromatic nitrogens is 1. The Labute approximate surface area is 180 Å². The molecular weight excluding hydrogens is 422 g/mol. The van der Waals surface area contributed by atoms with Crippen LogP contribution in [0.1, 0.15) is 30.6 Å². The number of ether oxygens (including phenoxy) is 1. The van der Waals surface area contributed by atoms with Gasteiger partial charge in [0.2, 0.25) is 10.0 Å². The second kappa shape index (κ2) is 9.11. The van der Waals surface area contributed by atoms with Crippen LogP contribution in [0.3, 0.4) is 0 Å². The smallest absolute Gasteiger partial charge is 0.279 e. The molecule has 0 spiro atoms. The number of hydrogen-bond donors (Lipinski definition) is 0. The number of carbonyl (C=O) groups excluding carboxylic acids is 1. The van der Waals surface area contributed by atoms with Gasteiger partial charge in [0.15, 0.2) is 4.80 Å². The normalized spacial score (nSPS) is 12.6. The summed E-state index contributed by atoms with van der Waals surface area (Å²) in [6.07, 6.45) is 0.900. The van der Waals surface area contributed by atoms with Gasteiger partial charge in [-0.3, -0.25) is 4.79 Å². The number of amides is 1. The Bertz CT molecular complexity index is 1220. The Hall–Kier alpha value is -2.49. The molecule has 30 heavy (non-hydrogen) atoms. The third-order valence-electron chi connectivity index (χ3n) is 4.49. The fraction of sp³-hybridized carbons (Fsp3) is 0.333. The summed E-state index contributed by atoms with van der Waals surface area (Å²) in [4.78, 5) is 17.8. The van der Waals surface area contributed by atoms with Crippen LogP contribution in [0.15, 0.2) is 52.4 Å². The van der Waals surface area contributed by atoms with Crippen LogP contribution in [0.2, 0.25) is 0 Å². The molecule has 0 unspecified atom stereocenters. The zero-order valence-electron chi connectivity index (χ0n) is 17.5. The number of nitrogens with zero attached hydrogens (tertiary/aromatic N) is 3. The van der Waals surface area contributed by atoms with Crippen molar-refractivity contribution in [2.75, 3.05) is 20.7 Å². The number of sulfonamides is 1. The van der Waals surface area contributed by atoms with E-state index in [1.54, 1.807) is 0 Å². The predicted molar refractivity (Wildman–Crippen MR) is 118 cm³/mol. The van der Waals surface area contributed by atoms with E-state index in [4.69, 9.17) is 4.74 Å². The number of fused-ring (bicyclic) bond motifs is 1. The Morgan fingerprint density at radius 1 is 1.13 bits per heavy atom. The van der Waals surface area contributed by atoms with Crippen molar-refractivity contribution in [1.82, 2.24) is 8.87 Å². The quantitative estimate of drug-likeness (QED) is 0.555. The van der Waals surface area contributed by atoms with E-state index in [2.05, 4.69) is 11.9 Å². The molecule has 0 radical (unpaired) electrons. The lowest BCUT2D eigenvalue weighted by Crippen LogP contribution is -2.22. The molecule has 1 aromatic heterocycles. The molecule has 0 fully saturated rings. The molecule has 0 N–H and O–H groups in total. The van der Waals surface area contributed by atoms with Crippen LogP contribution >= 0.6 is 11.3 Å². The number of rotatable bonds is 7. The first-order chi connectivity index (χ1) is 14.3. The molecule has 9 heteroatoms. The van der Waals surface area contributed by atoms with Gasteiger partial charge < -0.3 is 9.30 Å². The number of aryl methyl sites for hydroxylation is 1. The first-order valence-corrected chi connectivity index (χ1v) is 11.9. The van der Waals surface area contributed by atoms with Gasteiger partial charge in [-0.15, -0.1) is 0 Å². The molecule has 0 bridgehead atoms. The molecule has 0 atom stereocenters. The van der Waals surface area contributed by atoms with Crippen molar-refractivity contribution in [2.45, 2.75) is 31.7 Å². The number of carbonyl (C=O) groups is 1. The zero-order chi connectivity index (χ0) is 21.9. The maximum Gasteiger partial charge on any atom is 0.279 e. The highest BCUT2D eigenvalue weighted by Gasteiger charge is 2.17. The standard InChI is InChI=1S/C21H25N3O4S2/c1-5-13-24-18-12-9-16(28-6-2)14-19(18)29-21(24)22-20(25)15-7-10-17(11-8-15)30(26,27)23(3)4/h7-12,14H,5-6,13H2,1-4H3. The van der Waals surface area contributed by atoms with E-state index in [1.807, 2.05) is 29.7 Å². The van der Waals surface area contributed by atoms with Crippen molar-refractivity contribution in [1.29, 1.82) is 0 Å². The Morgan fingerprint density at radius 2 is 1.83 bits per heavy atom. The lowest BCUT2D eigenvalue weighted by atomic mass is 10.2. The summed E-state index contributed by atoms with van der Waals surface area (Å²) in [5.74, 6) is 0.371. The molecule has 0 aliphatic carbocycles. The second-order valence-electron chi connectivity index (χ2n) is 6.83. The zero-order valence-corrected chi connectivity index (χ0v) is 19.1. The average Bonchev–Trinajstić information content (AvgIpc) is 3.05. The predicted octanol–water partition coefficient (Wildman–Crippen LogP) is 3.50. The third kappa shape index (κ3) is 4.48. The van der Waals surface area contributed by atoms with Crippen LogP contribution in [0.5, 0.6) is 5.75 Å². The van der Waals surface area contributed by atoms with E-state index in [0.717, 1.165) is 33.2 Å². The van der Waals surface area contributed by atoms with Crippen LogP contribution in [0.25, 0.3) is 10.2 Å². The largest absolute Gasteiger partial charge is 0.494 e. The highest BCUT2D eigenvalue weighted by Crippen LogP contribution is 2.24. The molecule has 3 aromatic rings. The maximum atomic E-state index is 12.8. The lowest BCUT2D eigenvalue weighted by Gasteiger charge is -2.11. The molecule has 0 aliphatic heterocycles. The summed E-state index contributed by atoms with van der Waals surface area (Å²) in [6, 6.07) is 11.7. The highest BCUT2D eigenvalue weighted by molar-refractivity contribution is 7.89. The Morgan fingerprint density at radius 3 is 2.43 bits per heavy atom. The summed E-state index contributed by atoms with van der Waals surface area (Å²) < 4.78 is 34.1. The van der Waals surface area contributed by atoms with E-state index in [1.165, 1.54) is 49.7 Å². The van der Waals surface area contributed by atoms with Gasteiger partial charge in [-0.25, -0.2) is 12.7 Å². The summed E-state index contributed by atoms with van der Waals surface area (Å²) in [6.45, 7) is 5.33. The monoisotopic (exact) mass is 447 g/mol. The summed E-state index contributed by atoms with van der Waals surface area (Å²) in [7, 11) is -0.607. The van der Waals surface area contributed by atoms with Crippen LogP contribution in [-0.4, -0.2) is 43.9 Å². The van der Waals surface area contributed by atoms with Gasteiger partial charge in [0.05, 0.1) is 21.7 Å². The Balaban J connectivity index is 2.01. The highest BCUT2D eigenvalue weighted by atomic mass is 32.2. The van der Waals surface area contributed by atoms with E-state index < -0.39 is 15.9 Å². The molecule has 1 heterocycles. The van der Waals surface area contributed by atoms with Crippen molar-refractivity contribution < 1.29 is 17.9 Å². The summed E-state index contributed by atoms with van der Waals surface area (Å²) in [5.41, 5.74) is 1.34. The summed E-state index contributed by atoms with van der Waals surface area (Å²) in [5, 5.41) is 0. The van der Waals surface area contributed by atoms with Crippen LogP contribution in [0.4, 0.5) is 0 Å². The molecule has 3 rings (SSSR count). The fourth-order valence-electron chi connectivity index (χ4n) is 2.97. The molecule has 7 nitrogen and oxygen atoms in total. The minimum atomic E-state index is -3.54. The molecule has 2 aromatic carbocycles. The Kier molecular flexibility index (Phi) is 6.74. The van der Waals surface area contributed by atoms with Crippen LogP contribution in [-0.2, 0) is 16.6 Å². The van der Waals surface area contributed by atoms with Gasteiger partial charge in [-0.2, -0.15) is 4.99 Å². The molecule has 0 saturated carbocycles. The SMILES string of the molecule is CCCn1c(=NC(=O)c2ccc(S(=O)(=O)N(C)C)cc2)sc2cc(OCC)ccc21. The second-order valence-corrected chi connectivity index (χ2v) is 9.99. The molecule has 0 aliphatic rings. The van der Waals surface area contributed by atoms with Crippen molar-refractivity contribution >= 4 is 37.5 Å². The average molecular weight is 448 g/mol. The molecule has 1 amide bonds. The van der Waals surface area contributed by atoms with Crippen molar-refractivity contribution in [3.8, 4) is 5.75 Å². The minimum Gasteiger partial charge on any atom is -0.494 e. The van der Waals surface area contributed by atoms with Gasteiger partial charge in [0.1, 0.15) is 5.75 Å². The first-order valence-electron chi connectivity index (χ1n) is 9.65. The van der Waals surface area contributed by atoms with Gasteiger partial charge in [0.25, 0.3) is 5.91 Å². The fourth-order valence-corrected chi connectivity index (χ4v) is 4.95. The van der Waals surface area contributed by atoms with Crippen molar-refractivity contribution in [3.63, 3.8) is 0 Å². The number of hydrogen-bond acceptors (Lipinski definition) is 5. The van der Waals surface area contributed by atoms with Crippen molar-refractivity contribution in [2.24, 2.45) is 4.99 Å². The molecule has 0 saturated heterocycles. The van der Waals surface area contributed by atoms with E-state index in [0.29, 0.717) is 17.0 Å². The third-order valence-corrected chi connectivity index (χ3v) is 7.36. The molecule has 160 valence electrons. The van der Waals surface area contributed by atoms with Gasteiger partial charge in [0, 0.05) is 26.2 Å². The molecular formula is C21H25N3O4S2. The summed E-state index contributed by atoms with van der Waals surface area (Å²) >= 11 is 1.43. The topological polar surface area (TPSA) is 81.0 Å². The van der Waals surface area contributed by atoms with Crippen molar-refractivity contribution in [3.05, 3.63) is 52.8 Å². The van der Waals surface area contributed by atoms with Crippen LogP contribution < -0.4 is 9.54 Å². The maximum absolute atomic E-state index is 12.8. The van der Waals surface area contributed by atoms with E-state index in [-0.39, 0.29) is 4.90 Å². The van der Waals surface area contributed by atoms with E-state index in [9.17, 15) is 13.2 Å². The van der Waals surface area contributed by atoms with Gasteiger partial charge in [-0.1, -0.05) is 18.3 Å². The first kappa shape index (κ1) is 22.2. The lowest BCUT2D eigenvalue weighted by molar-refractivity contribution is 0.0997. The number of benzene rings is 2. The minimum absolute atomic E-state index is 0.135. The van der Waals surface area contributed by atoms with Gasteiger partial charge in [-0.05, 0) is 55.8 Å². The van der Waals surface area contributed by atoms with Gasteiger partial charge >= 0.3 is 0 Å². The van der Waals surface area contributed by atoms with Crippen LogP contribution in [0, 0.1) is 0 Å².